The zero-order valence-corrected chi connectivity index (χ0v) is 23.4. The molecule has 0 fully saturated rings. The highest BCUT2D eigenvalue weighted by atomic mass is 35.5. The van der Waals surface area contributed by atoms with Crippen molar-refractivity contribution in [2.75, 3.05) is 45.0 Å². The highest BCUT2D eigenvalue weighted by Gasteiger charge is 2.25. The van der Waals surface area contributed by atoms with Crippen molar-refractivity contribution in [1.82, 2.24) is 0 Å². The van der Waals surface area contributed by atoms with E-state index in [0.29, 0.717) is 0 Å². The summed E-state index contributed by atoms with van der Waals surface area (Å²) in [5.41, 5.74) is 12.1. The molecule has 0 saturated heterocycles. The molecule has 0 bridgehead atoms. The van der Waals surface area contributed by atoms with Crippen LogP contribution in [0.15, 0.2) is 115 Å². The summed E-state index contributed by atoms with van der Waals surface area (Å²) in [5, 5.41) is 0. The predicted molar refractivity (Wildman–Crippen MR) is 159 cm³/mol. The minimum atomic E-state index is 0. The SMILES string of the molecule is CN(C)c1ccc(C(=C2C=CC(=[N+](C)c3ccccc3)c3ccccc32)c2ccc(N(C)C)cc2)cc1.[Cl-]. The Morgan fingerprint density at radius 2 is 1.03 bits per heavy atom. The third kappa shape index (κ3) is 5.29. The summed E-state index contributed by atoms with van der Waals surface area (Å²) in [6.45, 7) is 0. The van der Waals surface area contributed by atoms with E-state index in [1.165, 1.54) is 56.2 Å². The van der Waals surface area contributed by atoms with E-state index >= 15 is 0 Å². The second kappa shape index (κ2) is 11.5. The lowest BCUT2D eigenvalue weighted by molar-refractivity contribution is -0.403. The Kier molecular flexibility index (Phi) is 8.19. The molecular formula is C34H34ClN3. The molecule has 0 radical (unpaired) electrons. The Morgan fingerprint density at radius 1 is 0.553 bits per heavy atom. The number of anilines is 2. The molecule has 0 amide bonds. The maximum Gasteiger partial charge on any atom is 0.213 e. The minimum absolute atomic E-state index is 0. The van der Waals surface area contributed by atoms with E-state index in [-0.39, 0.29) is 12.4 Å². The quantitative estimate of drug-likeness (QED) is 0.367. The molecule has 5 rings (SSSR count). The first kappa shape index (κ1) is 27.0. The van der Waals surface area contributed by atoms with Gasteiger partial charge >= 0.3 is 0 Å². The fourth-order valence-corrected chi connectivity index (χ4v) is 4.91. The highest BCUT2D eigenvalue weighted by molar-refractivity contribution is 6.17. The van der Waals surface area contributed by atoms with Crippen molar-refractivity contribution >= 4 is 33.9 Å². The average Bonchev–Trinajstić information content (AvgIpc) is 2.94. The van der Waals surface area contributed by atoms with Crippen LogP contribution in [0.2, 0.25) is 0 Å². The molecule has 3 nitrogen and oxygen atoms in total. The van der Waals surface area contributed by atoms with Crippen LogP contribution in [0.5, 0.6) is 0 Å². The van der Waals surface area contributed by atoms with Crippen LogP contribution < -0.4 is 22.2 Å². The molecule has 4 aromatic rings. The summed E-state index contributed by atoms with van der Waals surface area (Å²) >= 11 is 0. The summed E-state index contributed by atoms with van der Waals surface area (Å²) in [7, 11) is 10.5. The maximum atomic E-state index is 2.28. The van der Waals surface area contributed by atoms with Crippen molar-refractivity contribution in [2.45, 2.75) is 0 Å². The van der Waals surface area contributed by atoms with Crippen molar-refractivity contribution < 1.29 is 17.0 Å². The second-order valence-electron chi connectivity index (χ2n) is 9.83. The molecule has 0 atom stereocenters. The Hall–Kier alpha value is -4.08. The third-order valence-electron chi connectivity index (χ3n) is 7.02. The summed E-state index contributed by atoms with van der Waals surface area (Å²) in [5.74, 6) is 0. The first-order valence-electron chi connectivity index (χ1n) is 12.7. The smallest absolute Gasteiger partial charge is 0.213 e. The number of fused-ring (bicyclic) bond motifs is 1. The van der Waals surface area contributed by atoms with Gasteiger partial charge in [0.25, 0.3) is 0 Å². The zero-order valence-electron chi connectivity index (χ0n) is 22.7. The third-order valence-corrected chi connectivity index (χ3v) is 7.02. The number of allylic oxidation sites excluding steroid dienone is 3. The summed E-state index contributed by atoms with van der Waals surface area (Å²) in [6.07, 6.45) is 4.54. The fraction of sp³-hybridized carbons (Fsp3) is 0.147. The standard InChI is InChI=1S/C34H34N3.ClH/c1-35(2)27-19-15-25(16-20-27)34(26-17-21-28(22-18-26)36(3)4)32-23-24-33(31-14-10-9-13-30(31)32)37(5)29-11-7-6-8-12-29;/h6-24H,1-5H3;1H/q+1;/p-1. The van der Waals surface area contributed by atoms with Gasteiger partial charge in [-0.3, -0.25) is 0 Å². The topological polar surface area (TPSA) is 9.49 Å². The largest absolute Gasteiger partial charge is 1.00 e. The maximum absolute atomic E-state index is 2.28. The van der Waals surface area contributed by atoms with E-state index in [0.717, 1.165) is 0 Å². The highest BCUT2D eigenvalue weighted by Crippen LogP contribution is 2.38. The number of benzene rings is 4. The summed E-state index contributed by atoms with van der Waals surface area (Å²) < 4.78 is 2.27. The second-order valence-corrected chi connectivity index (χ2v) is 9.83. The van der Waals surface area contributed by atoms with E-state index in [2.05, 4.69) is 165 Å². The van der Waals surface area contributed by atoms with Gasteiger partial charge in [0.15, 0.2) is 0 Å². The number of halogens is 1. The summed E-state index contributed by atoms with van der Waals surface area (Å²) in [4.78, 5) is 4.28. The molecule has 4 aromatic carbocycles. The first-order chi connectivity index (χ1) is 17.9. The molecule has 0 N–H and O–H groups in total. The molecule has 1 aliphatic carbocycles. The Bertz CT molecular complexity index is 1440. The molecule has 192 valence electrons. The van der Waals surface area contributed by atoms with E-state index in [1.807, 2.05) is 0 Å². The molecule has 0 heterocycles. The van der Waals surface area contributed by atoms with Gasteiger partial charge in [-0.25, -0.2) is 0 Å². The lowest BCUT2D eigenvalue weighted by atomic mass is 9.83. The van der Waals surface area contributed by atoms with Crippen LogP contribution >= 0.6 is 0 Å². The number of hydrogen-bond acceptors (Lipinski definition) is 2. The number of hydrogen-bond donors (Lipinski definition) is 0. The van der Waals surface area contributed by atoms with Gasteiger partial charge in [-0.1, -0.05) is 60.7 Å². The lowest BCUT2D eigenvalue weighted by Crippen LogP contribution is -3.00. The number of rotatable bonds is 5. The van der Waals surface area contributed by atoms with E-state index in [1.54, 1.807) is 0 Å². The van der Waals surface area contributed by atoms with Gasteiger partial charge in [0.2, 0.25) is 11.4 Å². The van der Waals surface area contributed by atoms with Crippen LogP contribution in [0.4, 0.5) is 17.1 Å². The van der Waals surface area contributed by atoms with Gasteiger partial charge in [0.1, 0.15) is 7.05 Å². The first-order valence-corrected chi connectivity index (χ1v) is 12.7. The van der Waals surface area contributed by atoms with Gasteiger partial charge in [-0.05, 0) is 64.2 Å². The Labute approximate surface area is 233 Å². The molecule has 0 saturated carbocycles. The van der Waals surface area contributed by atoms with Crippen molar-refractivity contribution in [3.63, 3.8) is 0 Å². The van der Waals surface area contributed by atoms with E-state index < -0.39 is 0 Å². The molecule has 0 spiro atoms. The predicted octanol–water partition coefficient (Wildman–Crippen LogP) is 4.11. The van der Waals surface area contributed by atoms with Crippen LogP contribution in [0.1, 0.15) is 22.3 Å². The molecule has 1 aliphatic rings. The van der Waals surface area contributed by atoms with Crippen LogP contribution in [0.3, 0.4) is 0 Å². The van der Waals surface area contributed by atoms with Crippen molar-refractivity contribution in [3.8, 4) is 0 Å². The van der Waals surface area contributed by atoms with Gasteiger partial charge in [0, 0.05) is 57.8 Å². The van der Waals surface area contributed by atoms with Crippen LogP contribution in [-0.2, 0) is 0 Å². The molecule has 0 unspecified atom stereocenters. The molecule has 0 aliphatic heterocycles. The molecule has 4 heteroatoms. The minimum Gasteiger partial charge on any atom is -1.00 e. The zero-order chi connectivity index (χ0) is 25.9. The number of para-hydroxylation sites is 1. The van der Waals surface area contributed by atoms with Gasteiger partial charge in [0.05, 0.1) is 5.56 Å². The molecular weight excluding hydrogens is 486 g/mol. The average molecular weight is 520 g/mol. The van der Waals surface area contributed by atoms with Crippen molar-refractivity contribution in [3.05, 3.63) is 138 Å². The van der Waals surface area contributed by atoms with Gasteiger partial charge in [-0.15, -0.1) is 0 Å². The Morgan fingerprint density at radius 3 is 1.53 bits per heavy atom. The normalized spacial score (nSPS) is 13.3. The monoisotopic (exact) mass is 519 g/mol. The molecule has 38 heavy (non-hydrogen) atoms. The van der Waals surface area contributed by atoms with Crippen molar-refractivity contribution in [2.24, 2.45) is 0 Å². The number of nitrogens with zero attached hydrogens (tertiary/aromatic N) is 3. The van der Waals surface area contributed by atoms with Crippen LogP contribution in [-0.4, -0.2) is 45.5 Å². The fourth-order valence-electron chi connectivity index (χ4n) is 4.91. The van der Waals surface area contributed by atoms with E-state index in [9.17, 15) is 0 Å². The van der Waals surface area contributed by atoms with Crippen molar-refractivity contribution in [1.29, 1.82) is 0 Å². The van der Waals surface area contributed by atoms with Gasteiger partial charge < -0.3 is 22.2 Å². The Balaban J connectivity index is 0.00000336. The summed E-state index contributed by atoms with van der Waals surface area (Å²) in [6, 6.07) is 37.0. The van der Waals surface area contributed by atoms with E-state index in [4.69, 9.17) is 0 Å². The lowest BCUT2D eigenvalue weighted by Gasteiger charge is -2.21. The van der Waals surface area contributed by atoms with Crippen LogP contribution in [0.25, 0.3) is 11.1 Å². The van der Waals surface area contributed by atoms with Gasteiger partial charge in [-0.2, -0.15) is 4.58 Å². The van der Waals surface area contributed by atoms with Crippen LogP contribution in [0, 0.1) is 0 Å². The molecule has 0 aromatic heterocycles.